The molecular formula is C23H18ClFN2O5S. The molecule has 0 amide bonds. The van der Waals surface area contributed by atoms with Gasteiger partial charge in [-0.05, 0) is 42.0 Å². The van der Waals surface area contributed by atoms with Gasteiger partial charge >= 0.3 is 5.97 Å². The van der Waals surface area contributed by atoms with Gasteiger partial charge in [0.2, 0.25) is 10.0 Å². The van der Waals surface area contributed by atoms with E-state index in [4.69, 9.17) is 11.6 Å². The van der Waals surface area contributed by atoms with Crippen LogP contribution in [0.3, 0.4) is 0 Å². The molecule has 0 spiro atoms. The Morgan fingerprint density at radius 3 is 2.48 bits per heavy atom. The number of halogens is 2. The quantitative estimate of drug-likeness (QED) is 0.553. The number of carboxylic acid groups (broad SMARTS) is 1. The van der Waals surface area contributed by atoms with E-state index >= 15 is 0 Å². The van der Waals surface area contributed by atoms with E-state index in [1.165, 1.54) is 25.2 Å². The lowest BCUT2D eigenvalue weighted by Crippen LogP contribution is -2.41. The lowest BCUT2D eigenvalue weighted by Gasteiger charge is -2.27. The van der Waals surface area contributed by atoms with Crippen LogP contribution in [0, 0.1) is 5.82 Å². The smallest absolute Gasteiger partial charge is 0.338 e. The number of sulfonamides is 1. The summed E-state index contributed by atoms with van der Waals surface area (Å²) in [5.74, 6) is -2.38. The molecule has 0 aromatic heterocycles. The minimum atomic E-state index is -4.13. The topological polar surface area (TPSA) is 95.0 Å². The summed E-state index contributed by atoms with van der Waals surface area (Å²) in [4.78, 5) is 24.7. The fourth-order valence-corrected chi connectivity index (χ4v) is 5.50. The van der Waals surface area contributed by atoms with E-state index < -0.39 is 33.4 Å². The van der Waals surface area contributed by atoms with Crippen LogP contribution >= 0.6 is 11.6 Å². The molecular weight excluding hydrogens is 471 g/mol. The van der Waals surface area contributed by atoms with E-state index in [1.54, 1.807) is 29.2 Å². The van der Waals surface area contributed by atoms with Gasteiger partial charge in [-0.2, -0.15) is 4.31 Å². The first-order valence-corrected chi connectivity index (χ1v) is 11.6. The molecule has 1 heterocycles. The lowest BCUT2D eigenvalue weighted by molar-refractivity contribution is -0.110. The van der Waals surface area contributed by atoms with E-state index in [-0.39, 0.29) is 33.3 Å². The number of nitrogens with zero attached hydrogens (tertiary/aromatic N) is 2. The second kappa shape index (κ2) is 8.58. The monoisotopic (exact) mass is 488 g/mol. The highest BCUT2D eigenvalue weighted by molar-refractivity contribution is 7.89. The predicted octanol–water partition coefficient (Wildman–Crippen LogP) is 4.18. The first kappa shape index (κ1) is 22.9. The summed E-state index contributed by atoms with van der Waals surface area (Å²) in [5.41, 5.74) is 0.821. The highest BCUT2D eigenvalue weighted by atomic mass is 35.5. The van der Waals surface area contributed by atoms with Crippen LogP contribution in [-0.2, 0) is 14.8 Å². The van der Waals surface area contributed by atoms with Crippen LogP contribution in [0.4, 0.5) is 15.8 Å². The number of fused-ring (bicyclic) bond motifs is 1. The molecule has 10 heteroatoms. The zero-order chi connectivity index (χ0) is 23.9. The minimum absolute atomic E-state index is 0.0611. The van der Waals surface area contributed by atoms with Crippen molar-refractivity contribution in [3.63, 3.8) is 0 Å². The highest BCUT2D eigenvalue weighted by Gasteiger charge is 2.37. The summed E-state index contributed by atoms with van der Waals surface area (Å²) in [6.45, 7) is 0.0611. The van der Waals surface area contributed by atoms with Gasteiger partial charge in [0.05, 0.1) is 22.3 Å². The molecule has 33 heavy (non-hydrogen) atoms. The number of benzene rings is 3. The van der Waals surface area contributed by atoms with Crippen LogP contribution in [-0.4, -0.2) is 49.7 Å². The van der Waals surface area contributed by atoms with Gasteiger partial charge in [0.15, 0.2) is 0 Å². The third kappa shape index (κ3) is 3.99. The van der Waals surface area contributed by atoms with Crippen molar-refractivity contribution in [2.24, 2.45) is 0 Å². The maximum absolute atomic E-state index is 13.9. The van der Waals surface area contributed by atoms with E-state index in [0.29, 0.717) is 12.0 Å². The fraction of sp³-hybridized carbons (Fsp3) is 0.130. The van der Waals surface area contributed by atoms with Gasteiger partial charge in [0, 0.05) is 24.8 Å². The van der Waals surface area contributed by atoms with Gasteiger partial charge in [-0.1, -0.05) is 35.9 Å². The van der Waals surface area contributed by atoms with Gasteiger partial charge in [0.25, 0.3) is 0 Å². The van der Waals surface area contributed by atoms with Crippen molar-refractivity contribution in [1.29, 1.82) is 0 Å². The minimum Gasteiger partial charge on any atom is -0.478 e. The van der Waals surface area contributed by atoms with Crippen LogP contribution in [0.1, 0.15) is 10.4 Å². The molecule has 0 radical (unpaired) electrons. The summed E-state index contributed by atoms with van der Waals surface area (Å²) < 4.78 is 41.8. The number of carbonyl (C=O) groups excluding carboxylic acids is 1. The summed E-state index contributed by atoms with van der Waals surface area (Å²) in [5, 5.41) is 9.39. The van der Waals surface area contributed by atoms with Crippen LogP contribution in [0.15, 0.2) is 65.6 Å². The second-order valence-corrected chi connectivity index (χ2v) is 9.84. The summed E-state index contributed by atoms with van der Waals surface area (Å²) in [6.07, 6.45) is 0.570. The molecule has 1 aliphatic rings. The zero-order valence-corrected chi connectivity index (χ0v) is 18.8. The Labute approximate surface area is 194 Å². The average Bonchev–Trinajstić information content (AvgIpc) is 2.87. The number of likely N-dealkylation sites (N-methyl/N-ethyl adjacent to an activating group) is 1. The molecule has 1 aliphatic heterocycles. The summed E-state index contributed by atoms with van der Waals surface area (Å²) in [6, 6.07) is 14.2. The average molecular weight is 489 g/mol. The van der Waals surface area contributed by atoms with Crippen molar-refractivity contribution in [3.8, 4) is 11.1 Å². The van der Waals surface area contributed by atoms with Gasteiger partial charge in [-0.25, -0.2) is 17.6 Å². The first-order valence-electron chi connectivity index (χ1n) is 9.78. The molecule has 170 valence electrons. The molecule has 3 aromatic rings. The molecule has 0 saturated heterocycles. The highest BCUT2D eigenvalue weighted by Crippen LogP contribution is 2.42. The molecule has 0 fully saturated rings. The normalized spacial score (nSPS) is 17.8. The largest absolute Gasteiger partial charge is 0.478 e. The lowest BCUT2D eigenvalue weighted by atomic mass is 10.0. The van der Waals surface area contributed by atoms with Gasteiger partial charge in [0.1, 0.15) is 17.0 Å². The number of para-hydroxylation sites is 1. The Morgan fingerprint density at radius 2 is 1.85 bits per heavy atom. The Morgan fingerprint density at radius 1 is 1.15 bits per heavy atom. The van der Waals surface area contributed by atoms with Gasteiger partial charge in [-0.3, -0.25) is 0 Å². The number of hydrogen-bond donors (Lipinski definition) is 1. The third-order valence-electron chi connectivity index (χ3n) is 5.57. The Kier molecular flexibility index (Phi) is 5.96. The van der Waals surface area contributed by atoms with Crippen molar-refractivity contribution >= 4 is 45.3 Å². The molecule has 1 N–H and O–H groups in total. The molecule has 3 aromatic carbocycles. The molecule has 0 saturated carbocycles. The van der Waals surface area contributed by atoms with Crippen LogP contribution in [0.5, 0.6) is 0 Å². The Bertz CT molecular complexity index is 1360. The second-order valence-electron chi connectivity index (χ2n) is 7.47. The van der Waals surface area contributed by atoms with E-state index in [1.807, 2.05) is 6.07 Å². The maximum Gasteiger partial charge on any atom is 0.338 e. The summed E-state index contributed by atoms with van der Waals surface area (Å²) >= 11 is 6.53. The number of anilines is 2. The zero-order valence-electron chi connectivity index (χ0n) is 17.3. The Balaban J connectivity index is 1.99. The van der Waals surface area contributed by atoms with Crippen molar-refractivity contribution in [1.82, 2.24) is 4.31 Å². The van der Waals surface area contributed by atoms with Crippen molar-refractivity contribution in [3.05, 3.63) is 77.1 Å². The molecule has 4 rings (SSSR count). The van der Waals surface area contributed by atoms with Gasteiger partial charge in [-0.15, -0.1) is 0 Å². The van der Waals surface area contributed by atoms with Crippen LogP contribution in [0.25, 0.3) is 11.1 Å². The van der Waals surface area contributed by atoms with Crippen molar-refractivity contribution in [2.75, 3.05) is 18.5 Å². The maximum atomic E-state index is 13.9. The van der Waals surface area contributed by atoms with E-state index in [0.717, 1.165) is 16.4 Å². The number of rotatable bonds is 4. The van der Waals surface area contributed by atoms with Gasteiger partial charge < -0.3 is 14.8 Å². The number of hydrogen-bond acceptors (Lipinski definition) is 5. The number of carbonyl (C=O) groups is 2. The first-order chi connectivity index (χ1) is 15.6. The molecule has 1 atom stereocenters. The standard InChI is InChI=1S/C23H18ClFN2O5S/c1-26-16(13-28)12-27(15-5-3-2-4-6-15)21-11-19(24)17(10-22(21)33(26,31)32)14-7-8-20(25)18(9-14)23(29)30/h2-11,13,16H,12H2,1H3,(H,29,30)/t16-/m0/s1. The number of aldehydes is 1. The summed E-state index contributed by atoms with van der Waals surface area (Å²) in [7, 11) is -2.81. The fourth-order valence-electron chi connectivity index (χ4n) is 3.75. The van der Waals surface area contributed by atoms with E-state index in [2.05, 4.69) is 0 Å². The third-order valence-corrected chi connectivity index (χ3v) is 7.79. The molecule has 0 bridgehead atoms. The van der Waals surface area contributed by atoms with Crippen molar-refractivity contribution in [2.45, 2.75) is 10.9 Å². The predicted molar refractivity (Wildman–Crippen MR) is 122 cm³/mol. The van der Waals surface area contributed by atoms with E-state index in [9.17, 15) is 27.5 Å². The molecule has 0 aliphatic carbocycles. The SMILES string of the molecule is CN1[C@H](C=O)CN(c2ccccc2)c2cc(Cl)c(-c3ccc(F)c(C(=O)O)c3)cc2S1(=O)=O. The molecule has 7 nitrogen and oxygen atoms in total. The van der Waals surface area contributed by atoms with Crippen LogP contribution in [0.2, 0.25) is 5.02 Å². The number of carboxylic acids is 1. The number of aromatic carboxylic acids is 1. The van der Waals surface area contributed by atoms with Crippen LogP contribution < -0.4 is 4.90 Å². The Hall–Kier alpha value is -3.27. The molecule has 0 unspecified atom stereocenters. The van der Waals surface area contributed by atoms with Crippen molar-refractivity contribution < 1.29 is 27.5 Å².